The van der Waals surface area contributed by atoms with Gasteiger partial charge < -0.3 is 4.74 Å². The van der Waals surface area contributed by atoms with Crippen molar-refractivity contribution in [1.29, 1.82) is 0 Å². The lowest BCUT2D eigenvalue weighted by Crippen LogP contribution is -2.16. The monoisotopic (exact) mass is 232 g/mol. The number of aryl methyl sites for hydroxylation is 2. The van der Waals surface area contributed by atoms with Crippen LogP contribution in [-0.2, 0) is 0 Å². The number of carbonyl (C=O) groups is 1. The minimum atomic E-state index is 0.290. The lowest BCUT2D eigenvalue weighted by atomic mass is 9.80. The van der Waals surface area contributed by atoms with Crippen LogP contribution in [0.2, 0.25) is 0 Å². The number of Topliss-reactive ketones (excluding diaryl/α,β-unsaturated/α-hetero) is 1. The molecular formula is C15H20O2. The van der Waals surface area contributed by atoms with Gasteiger partial charge in [-0.05, 0) is 43.0 Å². The van der Waals surface area contributed by atoms with E-state index in [9.17, 15) is 4.79 Å². The maximum atomic E-state index is 12.2. The van der Waals surface area contributed by atoms with Crippen LogP contribution in [0.25, 0.3) is 0 Å². The molecular weight excluding hydrogens is 212 g/mol. The molecule has 0 amide bonds. The molecule has 0 aromatic heterocycles. The highest BCUT2D eigenvalue weighted by Crippen LogP contribution is 2.32. The van der Waals surface area contributed by atoms with E-state index in [1.165, 1.54) is 19.3 Å². The number of rotatable bonds is 4. The lowest BCUT2D eigenvalue weighted by molar-refractivity contribution is 0.0936. The van der Waals surface area contributed by atoms with Crippen LogP contribution in [0, 0.1) is 19.8 Å². The average Bonchev–Trinajstić information content (AvgIpc) is 2.25. The number of hydrogen-bond acceptors (Lipinski definition) is 2. The third-order valence-electron chi connectivity index (χ3n) is 3.74. The van der Waals surface area contributed by atoms with Crippen LogP contribution in [0.3, 0.4) is 0 Å². The van der Waals surface area contributed by atoms with E-state index in [1.54, 1.807) is 7.11 Å². The van der Waals surface area contributed by atoms with Crippen LogP contribution in [0.1, 0.15) is 47.2 Å². The summed E-state index contributed by atoms with van der Waals surface area (Å²) in [5.74, 6) is 1.78. The molecule has 0 unspecified atom stereocenters. The molecule has 0 aliphatic heterocycles. The first kappa shape index (κ1) is 12.2. The summed E-state index contributed by atoms with van der Waals surface area (Å²) in [5.41, 5.74) is 2.93. The van der Waals surface area contributed by atoms with Crippen LogP contribution in [0.5, 0.6) is 5.75 Å². The molecule has 17 heavy (non-hydrogen) atoms. The summed E-state index contributed by atoms with van der Waals surface area (Å²) in [6.45, 7) is 3.97. The molecule has 0 bridgehead atoms. The summed E-state index contributed by atoms with van der Waals surface area (Å²) in [5, 5.41) is 0. The molecule has 0 spiro atoms. The molecule has 1 saturated carbocycles. The molecule has 2 heteroatoms. The normalized spacial score (nSPS) is 15.5. The van der Waals surface area contributed by atoms with Gasteiger partial charge in [0.05, 0.1) is 7.11 Å². The van der Waals surface area contributed by atoms with Gasteiger partial charge in [0, 0.05) is 12.0 Å². The van der Waals surface area contributed by atoms with Gasteiger partial charge in [0.1, 0.15) is 5.75 Å². The van der Waals surface area contributed by atoms with Crippen molar-refractivity contribution in [3.8, 4) is 5.75 Å². The summed E-state index contributed by atoms with van der Waals surface area (Å²) in [6.07, 6.45) is 4.45. The fraction of sp³-hybridized carbons (Fsp3) is 0.533. The zero-order valence-electron chi connectivity index (χ0n) is 10.9. The quantitative estimate of drug-likeness (QED) is 0.740. The number of methoxy groups -OCH3 is 1. The van der Waals surface area contributed by atoms with Gasteiger partial charge in [-0.3, -0.25) is 4.79 Å². The van der Waals surface area contributed by atoms with Crippen molar-refractivity contribution >= 4 is 5.78 Å². The average molecular weight is 232 g/mol. The Morgan fingerprint density at radius 3 is 2.53 bits per heavy atom. The van der Waals surface area contributed by atoms with Gasteiger partial charge in [-0.25, -0.2) is 0 Å². The van der Waals surface area contributed by atoms with Crippen molar-refractivity contribution in [2.24, 2.45) is 5.92 Å². The molecule has 1 aliphatic rings. The first-order valence-corrected chi connectivity index (χ1v) is 6.30. The number of hydrogen-bond donors (Lipinski definition) is 0. The zero-order valence-corrected chi connectivity index (χ0v) is 10.9. The first-order valence-electron chi connectivity index (χ1n) is 6.30. The van der Waals surface area contributed by atoms with Crippen LogP contribution in [0.4, 0.5) is 0 Å². The van der Waals surface area contributed by atoms with Crippen molar-refractivity contribution in [3.63, 3.8) is 0 Å². The van der Waals surface area contributed by atoms with E-state index in [1.807, 2.05) is 26.0 Å². The predicted molar refractivity (Wildman–Crippen MR) is 68.8 cm³/mol. The Morgan fingerprint density at radius 1 is 1.29 bits per heavy atom. The summed E-state index contributed by atoms with van der Waals surface area (Å²) >= 11 is 0. The Bertz CT molecular complexity index is 431. The van der Waals surface area contributed by atoms with Gasteiger partial charge >= 0.3 is 0 Å². The second-order valence-electron chi connectivity index (χ2n) is 5.06. The van der Waals surface area contributed by atoms with Crippen molar-refractivity contribution in [3.05, 3.63) is 28.8 Å². The van der Waals surface area contributed by atoms with E-state index < -0.39 is 0 Å². The topological polar surface area (TPSA) is 26.3 Å². The standard InChI is InChI=1S/C15H20O2/c1-10-8-15(17-3)11(2)7-13(10)14(16)9-12-5-4-6-12/h7-8,12H,4-6,9H2,1-3H3. The Kier molecular flexibility index (Phi) is 3.51. The van der Waals surface area contributed by atoms with Gasteiger partial charge in [0.15, 0.2) is 5.78 Å². The second-order valence-corrected chi connectivity index (χ2v) is 5.06. The number of carbonyl (C=O) groups excluding carboxylic acids is 1. The molecule has 1 aromatic rings. The summed E-state index contributed by atoms with van der Waals surface area (Å²) in [4.78, 5) is 12.2. The minimum absolute atomic E-state index is 0.290. The second kappa shape index (κ2) is 4.91. The minimum Gasteiger partial charge on any atom is -0.496 e. The third-order valence-corrected chi connectivity index (χ3v) is 3.74. The third kappa shape index (κ3) is 2.51. The molecule has 2 nitrogen and oxygen atoms in total. The van der Waals surface area contributed by atoms with Crippen molar-refractivity contribution in [1.82, 2.24) is 0 Å². The number of ketones is 1. The number of benzene rings is 1. The zero-order chi connectivity index (χ0) is 12.4. The molecule has 1 aromatic carbocycles. The largest absolute Gasteiger partial charge is 0.496 e. The summed E-state index contributed by atoms with van der Waals surface area (Å²) in [6, 6.07) is 3.93. The van der Waals surface area contributed by atoms with E-state index in [4.69, 9.17) is 4.74 Å². The van der Waals surface area contributed by atoms with E-state index in [0.717, 1.165) is 22.4 Å². The van der Waals surface area contributed by atoms with E-state index in [2.05, 4.69) is 0 Å². The SMILES string of the molecule is COc1cc(C)c(C(=O)CC2CCC2)cc1C. The predicted octanol–water partition coefficient (Wildman–Crippen LogP) is 3.68. The lowest BCUT2D eigenvalue weighted by Gasteiger charge is -2.24. The van der Waals surface area contributed by atoms with Crippen molar-refractivity contribution in [2.45, 2.75) is 39.5 Å². The fourth-order valence-electron chi connectivity index (χ4n) is 2.38. The first-order chi connectivity index (χ1) is 8.11. The van der Waals surface area contributed by atoms with Gasteiger partial charge in [-0.2, -0.15) is 0 Å². The van der Waals surface area contributed by atoms with Crippen LogP contribution in [0.15, 0.2) is 12.1 Å². The summed E-state index contributed by atoms with van der Waals surface area (Å²) in [7, 11) is 1.66. The maximum Gasteiger partial charge on any atom is 0.163 e. The van der Waals surface area contributed by atoms with Crippen molar-refractivity contribution in [2.75, 3.05) is 7.11 Å². The highest BCUT2D eigenvalue weighted by atomic mass is 16.5. The Balaban J connectivity index is 2.19. The molecule has 2 rings (SSSR count). The molecule has 0 saturated heterocycles. The van der Waals surface area contributed by atoms with E-state index in [-0.39, 0.29) is 5.78 Å². The highest BCUT2D eigenvalue weighted by molar-refractivity contribution is 5.98. The molecule has 0 radical (unpaired) electrons. The maximum absolute atomic E-state index is 12.2. The molecule has 0 heterocycles. The molecule has 0 N–H and O–H groups in total. The molecule has 1 fully saturated rings. The molecule has 92 valence electrons. The van der Waals surface area contributed by atoms with Gasteiger partial charge in [-0.15, -0.1) is 0 Å². The Labute approximate surface area is 103 Å². The van der Waals surface area contributed by atoms with E-state index in [0.29, 0.717) is 12.3 Å². The molecule has 1 aliphatic carbocycles. The fourth-order valence-corrected chi connectivity index (χ4v) is 2.38. The smallest absolute Gasteiger partial charge is 0.163 e. The van der Waals surface area contributed by atoms with E-state index >= 15 is 0 Å². The number of ether oxygens (including phenoxy) is 1. The van der Waals surface area contributed by atoms with Gasteiger partial charge in [-0.1, -0.05) is 19.3 Å². The highest BCUT2D eigenvalue weighted by Gasteiger charge is 2.22. The van der Waals surface area contributed by atoms with Crippen LogP contribution >= 0.6 is 0 Å². The van der Waals surface area contributed by atoms with Gasteiger partial charge in [0.25, 0.3) is 0 Å². The van der Waals surface area contributed by atoms with Gasteiger partial charge in [0.2, 0.25) is 0 Å². The van der Waals surface area contributed by atoms with Crippen LogP contribution in [-0.4, -0.2) is 12.9 Å². The Morgan fingerprint density at radius 2 is 2.00 bits per heavy atom. The van der Waals surface area contributed by atoms with Crippen LogP contribution < -0.4 is 4.74 Å². The Hall–Kier alpha value is -1.31. The molecule has 0 atom stereocenters. The summed E-state index contributed by atoms with van der Waals surface area (Å²) < 4.78 is 5.26. The van der Waals surface area contributed by atoms with Crippen molar-refractivity contribution < 1.29 is 9.53 Å².